The van der Waals surface area contributed by atoms with Gasteiger partial charge in [-0.2, -0.15) is 11.8 Å². The lowest BCUT2D eigenvalue weighted by Crippen LogP contribution is -2.46. The van der Waals surface area contributed by atoms with Crippen LogP contribution in [0.2, 0.25) is 0 Å². The van der Waals surface area contributed by atoms with Crippen molar-refractivity contribution in [1.29, 1.82) is 0 Å². The molecule has 100 valence electrons. The summed E-state index contributed by atoms with van der Waals surface area (Å²) < 4.78 is 26.5. The Labute approximate surface area is 108 Å². The fourth-order valence-corrected chi connectivity index (χ4v) is 4.71. The van der Waals surface area contributed by atoms with Gasteiger partial charge in [0, 0.05) is 44.5 Å². The van der Waals surface area contributed by atoms with Crippen LogP contribution in [-0.4, -0.2) is 69.3 Å². The monoisotopic (exact) mass is 279 g/mol. The van der Waals surface area contributed by atoms with E-state index in [4.69, 9.17) is 0 Å². The van der Waals surface area contributed by atoms with Crippen LogP contribution in [0.4, 0.5) is 0 Å². The van der Waals surface area contributed by atoms with Gasteiger partial charge in [-0.3, -0.25) is 4.90 Å². The third-order valence-electron chi connectivity index (χ3n) is 3.16. The highest BCUT2D eigenvalue weighted by atomic mass is 32.2. The van der Waals surface area contributed by atoms with Gasteiger partial charge in [-0.1, -0.05) is 0 Å². The van der Waals surface area contributed by atoms with Gasteiger partial charge in [-0.15, -0.1) is 0 Å². The van der Waals surface area contributed by atoms with Crippen molar-refractivity contribution in [2.75, 3.05) is 50.0 Å². The molecule has 0 aromatic rings. The number of rotatable bonds is 5. The van der Waals surface area contributed by atoms with Crippen LogP contribution >= 0.6 is 11.8 Å². The van der Waals surface area contributed by atoms with Crippen molar-refractivity contribution in [2.45, 2.75) is 12.5 Å². The minimum absolute atomic E-state index is 0.160. The molecule has 1 atom stereocenters. The normalized spacial score (nSPS) is 27.4. The highest BCUT2D eigenvalue weighted by molar-refractivity contribution is 7.99. The minimum Gasteiger partial charge on any atom is -0.314 e. The second kappa shape index (κ2) is 6.38. The molecule has 2 aliphatic rings. The van der Waals surface area contributed by atoms with E-state index in [1.165, 1.54) is 0 Å². The summed E-state index contributed by atoms with van der Waals surface area (Å²) in [6.45, 7) is 4.49. The van der Waals surface area contributed by atoms with Crippen molar-refractivity contribution in [2.24, 2.45) is 0 Å². The second-order valence-electron chi connectivity index (χ2n) is 4.59. The Morgan fingerprint density at radius 3 is 2.76 bits per heavy atom. The Morgan fingerprint density at radius 1 is 1.35 bits per heavy atom. The number of nitrogens with zero attached hydrogens (tertiary/aromatic N) is 1. The highest BCUT2D eigenvalue weighted by Gasteiger charge is 2.22. The van der Waals surface area contributed by atoms with E-state index in [0.717, 1.165) is 44.1 Å². The third kappa shape index (κ3) is 4.75. The summed E-state index contributed by atoms with van der Waals surface area (Å²) in [7, 11) is -3.09. The number of sulfonamides is 1. The molecule has 2 rings (SSSR count). The highest BCUT2D eigenvalue weighted by Crippen LogP contribution is 2.17. The lowest BCUT2D eigenvalue weighted by Gasteiger charge is -2.27. The molecule has 2 heterocycles. The molecule has 7 heteroatoms. The first-order chi connectivity index (χ1) is 8.16. The summed E-state index contributed by atoms with van der Waals surface area (Å²) in [6.07, 6.45) is 0.970. The molecule has 0 aromatic carbocycles. The van der Waals surface area contributed by atoms with Gasteiger partial charge in [-0.25, -0.2) is 13.1 Å². The van der Waals surface area contributed by atoms with Gasteiger partial charge >= 0.3 is 0 Å². The fraction of sp³-hybridized carbons (Fsp3) is 1.00. The molecule has 0 spiro atoms. The smallest absolute Gasteiger partial charge is 0.213 e. The number of hydrogen-bond acceptors (Lipinski definition) is 5. The summed E-state index contributed by atoms with van der Waals surface area (Å²) >= 11 is 1.82. The molecule has 5 nitrogen and oxygen atoms in total. The quantitative estimate of drug-likeness (QED) is 0.698. The maximum atomic E-state index is 11.9. The summed E-state index contributed by atoms with van der Waals surface area (Å²) in [5.74, 6) is 2.23. The molecule has 2 saturated heterocycles. The SMILES string of the molecule is O=S(=O)(CCN1CCNCC1)NC1CCSC1. The van der Waals surface area contributed by atoms with Crippen LogP contribution in [0.5, 0.6) is 0 Å². The summed E-state index contributed by atoms with van der Waals surface area (Å²) in [5.41, 5.74) is 0. The summed E-state index contributed by atoms with van der Waals surface area (Å²) in [4.78, 5) is 2.21. The largest absolute Gasteiger partial charge is 0.314 e. The van der Waals surface area contributed by atoms with Crippen LogP contribution in [0, 0.1) is 0 Å². The number of piperazine rings is 1. The van der Waals surface area contributed by atoms with E-state index in [1.807, 2.05) is 11.8 Å². The van der Waals surface area contributed by atoms with Crippen molar-refractivity contribution in [3.05, 3.63) is 0 Å². The molecule has 0 radical (unpaired) electrons. The Hall–Kier alpha value is 0.180. The zero-order valence-electron chi connectivity index (χ0n) is 10.0. The summed E-state index contributed by atoms with van der Waals surface area (Å²) in [6, 6.07) is 0.160. The van der Waals surface area contributed by atoms with Crippen molar-refractivity contribution in [3.8, 4) is 0 Å². The van der Waals surface area contributed by atoms with E-state index >= 15 is 0 Å². The Balaban J connectivity index is 1.72. The van der Waals surface area contributed by atoms with E-state index in [9.17, 15) is 8.42 Å². The maximum Gasteiger partial charge on any atom is 0.213 e. The Morgan fingerprint density at radius 2 is 2.12 bits per heavy atom. The van der Waals surface area contributed by atoms with Crippen molar-refractivity contribution >= 4 is 21.8 Å². The number of hydrogen-bond donors (Lipinski definition) is 2. The van der Waals surface area contributed by atoms with Crippen LogP contribution in [0.25, 0.3) is 0 Å². The van der Waals surface area contributed by atoms with E-state index in [1.54, 1.807) is 0 Å². The zero-order chi connectivity index (χ0) is 12.1. The maximum absolute atomic E-state index is 11.9. The molecule has 0 aliphatic carbocycles. The van der Waals surface area contributed by atoms with Gasteiger partial charge in [0.05, 0.1) is 5.75 Å². The number of thioether (sulfide) groups is 1. The van der Waals surface area contributed by atoms with E-state index in [0.29, 0.717) is 6.54 Å². The van der Waals surface area contributed by atoms with Gasteiger partial charge in [-0.05, 0) is 12.2 Å². The standard InChI is InChI=1S/C10H21N3O2S2/c14-17(15,12-10-1-7-16-9-10)8-6-13-4-2-11-3-5-13/h10-12H,1-9H2. The molecule has 1 unspecified atom stereocenters. The van der Waals surface area contributed by atoms with Crippen LogP contribution < -0.4 is 10.0 Å². The van der Waals surface area contributed by atoms with Crippen molar-refractivity contribution < 1.29 is 8.42 Å². The third-order valence-corrected chi connectivity index (χ3v) is 5.74. The average molecular weight is 279 g/mol. The van der Waals surface area contributed by atoms with E-state index < -0.39 is 10.0 Å². The lowest BCUT2D eigenvalue weighted by atomic mass is 10.3. The molecule has 2 N–H and O–H groups in total. The van der Waals surface area contributed by atoms with Crippen LogP contribution in [0.1, 0.15) is 6.42 Å². The molecule has 0 aromatic heterocycles. The summed E-state index contributed by atoms with van der Waals surface area (Å²) in [5, 5.41) is 3.26. The first kappa shape index (κ1) is 13.6. The van der Waals surface area contributed by atoms with Crippen LogP contribution in [-0.2, 0) is 10.0 Å². The van der Waals surface area contributed by atoms with Gasteiger partial charge in [0.1, 0.15) is 0 Å². The second-order valence-corrected chi connectivity index (χ2v) is 7.61. The molecule has 17 heavy (non-hydrogen) atoms. The first-order valence-electron chi connectivity index (χ1n) is 6.16. The van der Waals surface area contributed by atoms with Gasteiger partial charge in [0.25, 0.3) is 0 Å². The molecule has 0 saturated carbocycles. The molecular weight excluding hydrogens is 258 g/mol. The Bertz CT molecular complexity index is 322. The fourth-order valence-electron chi connectivity index (χ4n) is 2.12. The van der Waals surface area contributed by atoms with E-state index in [2.05, 4.69) is 14.9 Å². The van der Waals surface area contributed by atoms with Crippen molar-refractivity contribution in [1.82, 2.24) is 14.9 Å². The molecule has 0 bridgehead atoms. The lowest BCUT2D eigenvalue weighted by molar-refractivity contribution is 0.253. The van der Waals surface area contributed by atoms with E-state index in [-0.39, 0.29) is 11.8 Å². The van der Waals surface area contributed by atoms with Crippen LogP contribution in [0.3, 0.4) is 0 Å². The van der Waals surface area contributed by atoms with Crippen LogP contribution in [0.15, 0.2) is 0 Å². The topological polar surface area (TPSA) is 61.4 Å². The average Bonchev–Trinajstić information content (AvgIpc) is 2.80. The first-order valence-corrected chi connectivity index (χ1v) is 8.97. The zero-order valence-corrected chi connectivity index (χ0v) is 11.7. The minimum atomic E-state index is -3.09. The van der Waals surface area contributed by atoms with Gasteiger partial charge in [0.15, 0.2) is 0 Å². The van der Waals surface area contributed by atoms with Gasteiger partial charge in [0.2, 0.25) is 10.0 Å². The molecule has 0 amide bonds. The Kier molecular flexibility index (Phi) is 5.10. The predicted octanol–water partition coefficient (Wildman–Crippen LogP) is -0.683. The van der Waals surface area contributed by atoms with Crippen molar-refractivity contribution in [3.63, 3.8) is 0 Å². The van der Waals surface area contributed by atoms with Gasteiger partial charge < -0.3 is 5.32 Å². The number of nitrogens with one attached hydrogen (secondary N) is 2. The molecule has 2 aliphatic heterocycles. The molecular formula is C10H21N3O2S2. The predicted molar refractivity (Wildman–Crippen MR) is 72.0 cm³/mol. The molecule has 2 fully saturated rings.